The van der Waals surface area contributed by atoms with Gasteiger partial charge in [0.25, 0.3) is 0 Å². The summed E-state index contributed by atoms with van der Waals surface area (Å²) < 4.78 is 52.2. The zero-order valence-electron chi connectivity index (χ0n) is 24.8. The van der Waals surface area contributed by atoms with Gasteiger partial charge in [-0.15, -0.1) is 0 Å². The molecule has 5 rings (SSSR count). The Labute approximate surface area is 244 Å². The standard InChI is InChI=1S/C32H38F3N3O4/c1-20-16-25(21-6-7-21)26(24-12-13-38(28(20)24)30(40)42-31(2,3)4)17-37-15-14-36(19-32(33,34)35)18-27(37)22-8-10-23(11-9-22)29(39)41-5/h8-13,16,21,27H,6-7,14-15,17-19H2,1-5H3. The Kier molecular flexibility index (Phi) is 8.15. The maximum atomic E-state index is 13.4. The van der Waals surface area contributed by atoms with E-state index >= 15 is 0 Å². The molecule has 1 saturated carbocycles. The maximum absolute atomic E-state index is 13.4. The van der Waals surface area contributed by atoms with Crippen molar-refractivity contribution in [2.75, 3.05) is 33.3 Å². The molecule has 2 heterocycles. The topological polar surface area (TPSA) is 64.0 Å². The molecule has 42 heavy (non-hydrogen) atoms. The van der Waals surface area contributed by atoms with Crippen LogP contribution in [0.15, 0.2) is 42.6 Å². The minimum absolute atomic E-state index is 0.198. The Bertz CT molecular complexity index is 1470. The Morgan fingerprint density at radius 2 is 1.71 bits per heavy atom. The van der Waals surface area contributed by atoms with Gasteiger partial charge in [-0.2, -0.15) is 13.2 Å². The van der Waals surface area contributed by atoms with Crippen molar-refractivity contribution >= 4 is 23.0 Å². The smallest absolute Gasteiger partial charge is 0.418 e. The largest absolute Gasteiger partial charge is 0.465 e. The molecule has 0 spiro atoms. The summed E-state index contributed by atoms with van der Waals surface area (Å²) in [6, 6.07) is 10.7. The number of esters is 1. The zero-order valence-corrected chi connectivity index (χ0v) is 24.8. The number of carbonyl (C=O) groups excluding carboxylic acids is 2. The van der Waals surface area contributed by atoms with E-state index in [4.69, 9.17) is 9.47 Å². The summed E-state index contributed by atoms with van der Waals surface area (Å²) in [7, 11) is 1.31. The minimum Gasteiger partial charge on any atom is -0.465 e. The first-order chi connectivity index (χ1) is 19.7. The summed E-state index contributed by atoms with van der Waals surface area (Å²) >= 11 is 0. The van der Waals surface area contributed by atoms with Crippen molar-refractivity contribution in [3.63, 3.8) is 0 Å². The lowest BCUT2D eigenvalue weighted by Crippen LogP contribution is -2.50. The number of piperazine rings is 1. The van der Waals surface area contributed by atoms with Crippen LogP contribution >= 0.6 is 0 Å². The fourth-order valence-corrected chi connectivity index (χ4v) is 5.96. The number of benzene rings is 2. The number of fused-ring (bicyclic) bond motifs is 1. The lowest BCUT2D eigenvalue weighted by molar-refractivity contribution is -0.152. The highest BCUT2D eigenvalue weighted by atomic mass is 19.4. The van der Waals surface area contributed by atoms with Gasteiger partial charge in [-0.25, -0.2) is 9.59 Å². The monoisotopic (exact) mass is 585 g/mol. The van der Waals surface area contributed by atoms with Crippen molar-refractivity contribution in [2.24, 2.45) is 0 Å². The number of nitrogens with zero attached hydrogens (tertiary/aromatic N) is 3. The molecule has 2 aromatic carbocycles. The number of aromatic nitrogens is 1. The van der Waals surface area contributed by atoms with Crippen LogP contribution in [0.1, 0.15) is 78.2 Å². The van der Waals surface area contributed by atoms with Crippen molar-refractivity contribution in [2.45, 2.75) is 70.8 Å². The van der Waals surface area contributed by atoms with E-state index in [0.717, 1.165) is 40.4 Å². The van der Waals surface area contributed by atoms with Gasteiger partial charge in [-0.1, -0.05) is 18.2 Å². The fraction of sp³-hybridized carbons (Fsp3) is 0.500. The van der Waals surface area contributed by atoms with E-state index in [1.165, 1.54) is 17.6 Å². The van der Waals surface area contributed by atoms with Gasteiger partial charge >= 0.3 is 18.2 Å². The van der Waals surface area contributed by atoms with Crippen LogP contribution in [0.25, 0.3) is 10.9 Å². The molecule has 0 N–H and O–H groups in total. The summed E-state index contributed by atoms with van der Waals surface area (Å²) in [5, 5.41) is 0.959. The van der Waals surface area contributed by atoms with Crippen LogP contribution in [0.3, 0.4) is 0 Å². The van der Waals surface area contributed by atoms with Crippen LogP contribution in [0, 0.1) is 6.92 Å². The molecule has 1 unspecified atom stereocenters. The van der Waals surface area contributed by atoms with Gasteiger partial charge in [0.2, 0.25) is 0 Å². The second-order valence-electron chi connectivity index (χ2n) is 12.4. The Hall–Kier alpha value is -3.37. The number of halogens is 3. The van der Waals surface area contributed by atoms with Gasteiger partial charge in [-0.05, 0) is 86.9 Å². The van der Waals surface area contributed by atoms with Gasteiger partial charge in [0.15, 0.2) is 0 Å². The van der Waals surface area contributed by atoms with Crippen LogP contribution in [0.4, 0.5) is 18.0 Å². The molecule has 7 nitrogen and oxygen atoms in total. The average Bonchev–Trinajstić information content (AvgIpc) is 3.65. The van der Waals surface area contributed by atoms with Gasteiger partial charge in [0.05, 0.1) is 24.7 Å². The van der Waals surface area contributed by atoms with Crippen molar-refractivity contribution in [3.8, 4) is 0 Å². The zero-order chi connectivity index (χ0) is 30.4. The van der Waals surface area contributed by atoms with Crippen LogP contribution in [-0.4, -0.2) is 71.5 Å². The maximum Gasteiger partial charge on any atom is 0.418 e. The number of hydrogen-bond donors (Lipinski definition) is 0. The van der Waals surface area contributed by atoms with Gasteiger partial charge in [-0.3, -0.25) is 14.4 Å². The number of rotatable bonds is 6. The molecule has 1 aliphatic carbocycles. The second-order valence-corrected chi connectivity index (χ2v) is 12.4. The molecule has 1 saturated heterocycles. The van der Waals surface area contributed by atoms with Gasteiger partial charge in [0, 0.05) is 43.8 Å². The van der Waals surface area contributed by atoms with Crippen molar-refractivity contribution < 1.29 is 32.2 Å². The summed E-state index contributed by atoms with van der Waals surface area (Å²) in [5.74, 6) is -0.0383. The highest BCUT2D eigenvalue weighted by Crippen LogP contribution is 2.45. The fourth-order valence-electron chi connectivity index (χ4n) is 5.96. The van der Waals surface area contributed by atoms with Crippen LogP contribution < -0.4 is 0 Å². The number of alkyl halides is 3. The summed E-state index contributed by atoms with van der Waals surface area (Å²) in [6.07, 6.45) is -0.828. The molecule has 226 valence electrons. The molecule has 1 aliphatic heterocycles. The van der Waals surface area contributed by atoms with E-state index in [9.17, 15) is 22.8 Å². The van der Waals surface area contributed by atoms with E-state index in [0.29, 0.717) is 24.6 Å². The third-order valence-corrected chi connectivity index (χ3v) is 7.97. The van der Waals surface area contributed by atoms with Crippen LogP contribution in [0.2, 0.25) is 0 Å². The SMILES string of the molecule is COC(=O)c1ccc(C2CN(CC(F)(F)F)CCN2Cc2c(C3CC3)cc(C)c3c2ccn3C(=O)OC(C)(C)C)cc1. The van der Waals surface area contributed by atoms with Crippen molar-refractivity contribution in [1.82, 2.24) is 14.4 Å². The molecular weight excluding hydrogens is 547 g/mol. The van der Waals surface area contributed by atoms with Crippen LogP contribution in [-0.2, 0) is 16.0 Å². The van der Waals surface area contributed by atoms with E-state index < -0.39 is 30.4 Å². The van der Waals surface area contributed by atoms with Crippen molar-refractivity contribution in [1.29, 1.82) is 0 Å². The van der Waals surface area contributed by atoms with E-state index in [-0.39, 0.29) is 19.1 Å². The van der Waals surface area contributed by atoms with Gasteiger partial charge < -0.3 is 9.47 Å². The number of ether oxygens (including phenoxy) is 2. The van der Waals surface area contributed by atoms with E-state index in [1.54, 1.807) is 35.0 Å². The molecule has 10 heteroatoms. The van der Waals surface area contributed by atoms with Crippen LogP contribution in [0.5, 0.6) is 0 Å². The molecule has 0 radical (unpaired) electrons. The quantitative estimate of drug-likeness (QED) is 0.296. The lowest BCUT2D eigenvalue weighted by atomic mass is 9.94. The molecule has 3 aromatic rings. The third-order valence-electron chi connectivity index (χ3n) is 7.97. The number of hydrogen-bond acceptors (Lipinski definition) is 6. The number of aryl methyl sites for hydroxylation is 1. The third kappa shape index (κ3) is 6.65. The summed E-state index contributed by atoms with van der Waals surface area (Å²) in [5.41, 5.74) is 4.67. The Morgan fingerprint density at radius 3 is 2.31 bits per heavy atom. The average molecular weight is 586 g/mol. The highest BCUT2D eigenvalue weighted by molar-refractivity contribution is 5.94. The Balaban J connectivity index is 1.53. The van der Waals surface area contributed by atoms with E-state index in [2.05, 4.69) is 11.0 Å². The molecule has 0 amide bonds. The summed E-state index contributed by atoms with van der Waals surface area (Å²) in [4.78, 5) is 28.8. The number of carbonyl (C=O) groups is 2. The Morgan fingerprint density at radius 1 is 1.02 bits per heavy atom. The molecule has 0 bridgehead atoms. The van der Waals surface area contributed by atoms with E-state index in [1.807, 2.05) is 33.8 Å². The normalized spacial score (nSPS) is 18.8. The number of methoxy groups -OCH3 is 1. The first-order valence-electron chi connectivity index (χ1n) is 14.3. The first-order valence-corrected chi connectivity index (χ1v) is 14.3. The summed E-state index contributed by atoms with van der Waals surface area (Å²) in [6.45, 7) is 7.95. The predicted molar refractivity (Wildman–Crippen MR) is 154 cm³/mol. The van der Waals surface area contributed by atoms with Gasteiger partial charge in [0.1, 0.15) is 5.60 Å². The first kappa shape index (κ1) is 30.1. The molecule has 1 aromatic heterocycles. The minimum atomic E-state index is -4.30. The van der Waals surface area contributed by atoms with Crippen molar-refractivity contribution in [3.05, 3.63) is 70.4 Å². The highest BCUT2D eigenvalue weighted by Gasteiger charge is 2.37. The second kappa shape index (κ2) is 11.4. The molecular formula is C32H38F3N3O4. The molecule has 2 aliphatic rings. The lowest BCUT2D eigenvalue weighted by Gasteiger charge is -2.42. The molecule has 2 fully saturated rings. The molecule has 1 atom stereocenters. The predicted octanol–water partition coefficient (Wildman–Crippen LogP) is 6.82.